The Hall–Kier alpha value is -7.22. The third-order valence-electron chi connectivity index (χ3n) is 26.7. The fraction of sp³-hybridized carbons (Fsp3) is 0.611. The van der Waals surface area contributed by atoms with Crippen molar-refractivity contribution >= 4 is 34.8 Å². The number of halogens is 3. The molecule has 121 heavy (non-hydrogen) atoms. The van der Waals surface area contributed by atoms with Crippen LogP contribution in [0.25, 0.3) is 0 Å². The topological polar surface area (TPSA) is 198 Å². The number of pyridine rings is 2. The number of nitrogens with one attached hydrogen (secondary N) is 3. The summed E-state index contributed by atoms with van der Waals surface area (Å²) in [6.07, 6.45) is 5.76. The third kappa shape index (κ3) is 22.2. The van der Waals surface area contributed by atoms with E-state index in [9.17, 15) is 27.6 Å². The van der Waals surface area contributed by atoms with Crippen LogP contribution >= 0.6 is 0 Å². The number of aryl methyl sites for hydroxylation is 2. The molecule has 9 aliphatic rings. The Morgan fingerprint density at radius 1 is 0.455 bits per heavy atom. The van der Waals surface area contributed by atoms with Gasteiger partial charge in [0.25, 0.3) is 0 Å². The van der Waals surface area contributed by atoms with Crippen molar-refractivity contribution in [3.8, 4) is 0 Å². The Kier molecular flexibility index (Phi) is 29.9. The number of hydrogen-bond donors (Lipinski definition) is 3. The molecule has 0 saturated carbocycles. The molecular weight excluding hydrogens is 1540 g/mol. The zero-order valence-electron chi connectivity index (χ0n) is 74.8. The molecule has 9 atom stereocenters. The molecule has 11 heterocycles. The van der Waals surface area contributed by atoms with Crippen LogP contribution in [0.3, 0.4) is 0 Å². The normalized spacial score (nSPS) is 26.4. The van der Waals surface area contributed by atoms with E-state index in [1.54, 1.807) is 33.5 Å². The van der Waals surface area contributed by atoms with Gasteiger partial charge >= 0.3 is 0 Å². The second-order valence-electron chi connectivity index (χ2n) is 38.3. The molecule has 660 valence electrons. The first kappa shape index (κ1) is 91.5. The van der Waals surface area contributed by atoms with Crippen molar-refractivity contribution in [2.24, 2.45) is 0 Å². The van der Waals surface area contributed by atoms with Crippen molar-refractivity contribution in [2.75, 3.05) is 213 Å². The van der Waals surface area contributed by atoms with Gasteiger partial charge in [0.1, 0.15) is 17.5 Å². The molecule has 9 aliphatic heterocycles. The van der Waals surface area contributed by atoms with Gasteiger partial charge in [0.2, 0.25) is 17.7 Å². The smallest absolute Gasteiger partial charge is 0.241 e. The van der Waals surface area contributed by atoms with Crippen LogP contribution in [-0.2, 0) is 78.3 Å². The minimum atomic E-state index is -0.232. The Balaban J connectivity index is 0.000000157. The fourth-order valence-corrected chi connectivity index (χ4v) is 19.7. The van der Waals surface area contributed by atoms with Crippen molar-refractivity contribution in [3.63, 3.8) is 0 Å². The van der Waals surface area contributed by atoms with E-state index in [1.165, 1.54) is 29.8 Å². The molecule has 4 aromatic carbocycles. The number of hydrogen-bond acceptors (Lipinski definition) is 20. The Labute approximate surface area is 717 Å². The van der Waals surface area contributed by atoms with Gasteiger partial charge in [0.05, 0.1) is 108 Å². The summed E-state index contributed by atoms with van der Waals surface area (Å²) in [6.45, 7) is 47.1. The number of anilines is 3. The molecule has 26 heteroatoms. The average molecular weight is 1670 g/mol. The van der Waals surface area contributed by atoms with Crippen molar-refractivity contribution in [2.45, 2.75) is 179 Å². The van der Waals surface area contributed by atoms with Crippen molar-refractivity contribution < 1.29 is 56.0 Å². The van der Waals surface area contributed by atoms with E-state index in [2.05, 4.69) is 152 Å². The zero-order chi connectivity index (χ0) is 86.3. The quantitative estimate of drug-likeness (QED) is 0.0518. The van der Waals surface area contributed by atoms with Gasteiger partial charge < -0.3 is 59.1 Å². The van der Waals surface area contributed by atoms with Gasteiger partial charge in [-0.3, -0.25) is 53.8 Å². The van der Waals surface area contributed by atoms with Gasteiger partial charge in [-0.2, -0.15) is 0 Å². The number of morpholine rings is 3. The van der Waals surface area contributed by atoms with Gasteiger partial charge in [-0.1, -0.05) is 77.9 Å². The van der Waals surface area contributed by atoms with Crippen LogP contribution in [-0.4, -0.2) is 309 Å². The maximum absolute atomic E-state index is 14.0. The third-order valence-corrected chi connectivity index (χ3v) is 26.7. The maximum atomic E-state index is 14.0. The molecule has 0 unspecified atom stereocenters. The van der Waals surface area contributed by atoms with Crippen LogP contribution < -0.4 is 30.7 Å². The van der Waals surface area contributed by atoms with Gasteiger partial charge in [0, 0.05) is 225 Å². The van der Waals surface area contributed by atoms with Gasteiger partial charge in [-0.05, 0) is 148 Å². The predicted molar refractivity (Wildman–Crippen MR) is 470 cm³/mol. The van der Waals surface area contributed by atoms with E-state index >= 15 is 0 Å². The summed E-state index contributed by atoms with van der Waals surface area (Å²) in [6, 6.07) is 28.8. The van der Waals surface area contributed by atoms with Crippen LogP contribution in [0.1, 0.15) is 138 Å². The largest absolute Gasteiger partial charge is 0.383 e. The summed E-state index contributed by atoms with van der Waals surface area (Å²) in [5.74, 6) is -0.307. The van der Waals surface area contributed by atoms with Gasteiger partial charge in [-0.15, -0.1) is 0 Å². The number of amides is 3. The van der Waals surface area contributed by atoms with Crippen LogP contribution in [0, 0.1) is 31.3 Å². The lowest BCUT2D eigenvalue weighted by molar-refractivity contribution is -0.123. The number of carbonyl (C=O) groups is 3. The number of ether oxygens (including phenoxy) is 6. The SMILES string of the molecule is COC[C@@H]1COCCN1C[C@H]1CN[C@H](C)CN1CC(=O)N1CC(C)(C)c2ccc(Cc3ccc(F)cc3)cc21.COC[C@@]1(C)COCCN1C[C@H]1CN[C@H](C)CN1CC(=O)N1CC(C)(C)c2cnc(Cc3ccc(F)cc3C)cc21.COC[C@]1(C)COCCN1C[C@H]1CN[C@H](C)CN1CC(=O)N1CC(C)(C)c2cnc(Cc3ccc(F)cc3C)cc21. The van der Waals surface area contributed by atoms with E-state index in [0.717, 1.165) is 158 Å². The minimum absolute atomic E-state index is 0.114. The molecule has 3 amide bonds. The highest BCUT2D eigenvalue weighted by molar-refractivity contribution is 5.99. The lowest BCUT2D eigenvalue weighted by Crippen LogP contribution is -2.65. The first-order valence-corrected chi connectivity index (χ1v) is 43.9. The number of methoxy groups -OCH3 is 3. The highest BCUT2D eigenvalue weighted by atomic mass is 19.1. The molecular formula is C95H135F3N14O9. The lowest BCUT2D eigenvalue weighted by Gasteiger charge is -2.48. The molecule has 15 rings (SSSR count). The number of benzene rings is 4. The van der Waals surface area contributed by atoms with Crippen molar-refractivity contribution in [1.82, 2.24) is 55.3 Å². The number of nitrogens with zero attached hydrogens (tertiary/aromatic N) is 11. The van der Waals surface area contributed by atoms with Crippen molar-refractivity contribution in [1.29, 1.82) is 0 Å². The number of fused-ring (bicyclic) bond motifs is 3. The molecule has 6 saturated heterocycles. The van der Waals surface area contributed by atoms with E-state index in [4.69, 9.17) is 38.4 Å². The Bertz CT molecular complexity index is 4340. The standard InChI is InChI=1S/2C32H46FN5O3.C31H43FN4O3/c2*1-22-11-25(33)8-7-24(22)12-26-13-29-28(15-35-26)31(3,4)19-38(29)30(39)18-36-16-23(2)34-14-27(36)17-37-9-10-41-21-32(37,5)20-40-6;1-22-16-35(26(15-33-22)17-34-11-12-39-20-27(34)19-38-4)18-30(37)36-21-31(2,3)28-10-7-24(14-29(28)36)13-23-5-8-25(32)9-6-23/h2*7-8,11,13,15,23,27,34H,9-10,12,14,16-21H2,1-6H3;5-10,14,22,26-27,33H,11-13,15-21H2,1-4H3/t23-,27-,32+;23-,27-,32-;22-,26-,27-/m111/s1. The van der Waals surface area contributed by atoms with Gasteiger partial charge in [-0.25, -0.2) is 13.2 Å². The minimum Gasteiger partial charge on any atom is -0.383 e. The molecule has 23 nitrogen and oxygen atoms in total. The second kappa shape index (κ2) is 39.5. The molecule has 6 aromatic rings. The summed E-state index contributed by atoms with van der Waals surface area (Å²) in [4.78, 5) is 72.0. The summed E-state index contributed by atoms with van der Waals surface area (Å²) in [5, 5.41) is 10.9. The molecule has 0 radical (unpaired) electrons. The summed E-state index contributed by atoms with van der Waals surface area (Å²) in [7, 11) is 5.22. The first-order chi connectivity index (χ1) is 57.7. The van der Waals surface area contributed by atoms with E-state index in [-0.39, 0.29) is 86.7 Å². The zero-order valence-corrected chi connectivity index (χ0v) is 74.8. The molecule has 0 aliphatic carbocycles. The highest BCUT2D eigenvalue weighted by Crippen LogP contribution is 2.45. The van der Waals surface area contributed by atoms with E-state index in [0.29, 0.717) is 130 Å². The van der Waals surface area contributed by atoms with Crippen molar-refractivity contribution in [3.05, 3.63) is 182 Å². The number of rotatable bonds is 24. The average Bonchev–Trinajstić information content (AvgIpc) is 1.62. The maximum Gasteiger partial charge on any atom is 0.241 e. The second-order valence-corrected chi connectivity index (χ2v) is 38.3. The van der Waals surface area contributed by atoms with E-state index in [1.807, 2.05) is 65.2 Å². The first-order valence-electron chi connectivity index (χ1n) is 43.9. The highest BCUT2D eigenvalue weighted by Gasteiger charge is 2.47. The lowest BCUT2D eigenvalue weighted by atomic mass is 9.86. The van der Waals surface area contributed by atoms with E-state index < -0.39 is 0 Å². The monoisotopic (exact) mass is 1670 g/mol. The number of piperazine rings is 3. The molecule has 2 aromatic heterocycles. The molecule has 0 spiro atoms. The number of aromatic nitrogens is 2. The summed E-state index contributed by atoms with van der Waals surface area (Å²) in [5.41, 5.74) is 13.3. The molecule has 0 bridgehead atoms. The van der Waals surface area contributed by atoms with Crippen LogP contribution in [0.4, 0.5) is 30.2 Å². The Morgan fingerprint density at radius 2 is 0.860 bits per heavy atom. The van der Waals surface area contributed by atoms with Crippen LogP contribution in [0.2, 0.25) is 0 Å². The Morgan fingerprint density at radius 3 is 1.29 bits per heavy atom. The number of carbonyl (C=O) groups excluding carboxylic acids is 3. The predicted octanol–water partition coefficient (Wildman–Crippen LogP) is 9.34. The van der Waals surface area contributed by atoms with Gasteiger partial charge in [0.15, 0.2) is 0 Å². The van der Waals surface area contributed by atoms with Crippen LogP contribution in [0.15, 0.2) is 103 Å². The van der Waals surface area contributed by atoms with Crippen LogP contribution in [0.5, 0.6) is 0 Å². The summed E-state index contributed by atoms with van der Waals surface area (Å²) < 4.78 is 74.6. The summed E-state index contributed by atoms with van der Waals surface area (Å²) >= 11 is 0. The molecule has 6 fully saturated rings. The molecule has 3 N–H and O–H groups in total. The fourth-order valence-electron chi connectivity index (χ4n) is 19.7.